The number of rotatable bonds is 5. The Balaban J connectivity index is 1.59. The quantitative estimate of drug-likeness (QED) is 0.802. The van der Waals surface area contributed by atoms with Gasteiger partial charge in [0.2, 0.25) is 0 Å². The standard InChI is InChI=1S/C20H25ClN4O3/c1-3-25-8-7-13(9-18(25)26)19(27)22-15-5-4-6-16(11-15)23-20(28)17-10-14(21)12-24(17)2/h7-10,12,15-16H,3-6,11H2,1-2H3,(H,22,27)(H,23,28)/t15-,16-/m1/s1. The molecule has 1 saturated carbocycles. The number of aromatic nitrogens is 2. The average molecular weight is 405 g/mol. The van der Waals surface area contributed by atoms with E-state index < -0.39 is 0 Å². The number of nitrogens with zero attached hydrogens (tertiary/aromatic N) is 2. The maximum Gasteiger partial charge on any atom is 0.268 e. The molecule has 28 heavy (non-hydrogen) atoms. The summed E-state index contributed by atoms with van der Waals surface area (Å²) in [5.74, 6) is -0.430. The molecule has 1 aliphatic carbocycles. The minimum Gasteiger partial charge on any atom is -0.349 e. The van der Waals surface area contributed by atoms with Crippen LogP contribution >= 0.6 is 11.6 Å². The third-order valence-electron chi connectivity index (χ3n) is 5.15. The van der Waals surface area contributed by atoms with Crippen molar-refractivity contribution in [1.29, 1.82) is 0 Å². The van der Waals surface area contributed by atoms with Crippen LogP contribution in [0.3, 0.4) is 0 Å². The molecule has 3 rings (SSSR count). The Kier molecular flexibility index (Phi) is 6.24. The number of pyridine rings is 1. The highest BCUT2D eigenvalue weighted by Crippen LogP contribution is 2.20. The number of carbonyl (C=O) groups excluding carboxylic acids is 2. The first-order chi connectivity index (χ1) is 13.4. The molecule has 2 amide bonds. The first-order valence-corrected chi connectivity index (χ1v) is 9.89. The van der Waals surface area contributed by atoms with E-state index in [4.69, 9.17) is 11.6 Å². The van der Waals surface area contributed by atoms with Gasteiger partial charge in [-0.15, -0.1) is 0 Å². The van der Waals surface area contributed by atoms with Crippen molar-refractivity contribution in [2.24, 2.45) is 7.05 Å². The lowest BCUT2D eigenvalue weighted by Gasteiger charge is -2.30. The van der Waals surface area contributed by atoms with Gasteiger partial charge >= 0.3 is 0 Å². The fourth-order valence-corrected chi connectivity index (χ4v) is 3.89. The Morgan fingerprint density at radius 1 is 1.18 bits per heavy atom. The molecule has 1 fully saturated rings. The van der Waals surface area contributed by atoms with E-state index >= 15 is 0 Å². The van der Waals surface area contributed by atoms with Crippen LogP contribution in [0.2, 0.25) is 5.02 Å². The number of hydrogen-bond donors (Lipinski definition) is 2. The molecule has 2 heterocycles. The van der Waals surface area contributed by atoms with Gasteiger partial charge in [0.25, 0.3) is 17.4 Å². The first-order valence-electron chi connectivity index (χ1n) is 9.51. The van der Waals surface area contributed by atoms with E-state index in [9.17, 15) is 14.4 Å². The number of amides is 2. The van der Waals surface area contributed by atoms with Crippen LogP contribution in [0.15, 0.2) is 35.4 Å². The summed E-state index contributed by atoms with van der Waals surface area (Å²) in [6, 6.07) is 4.59. The summed E-state index contributed by atoms with van der Waals surface area (Å²) in [5, 5.41) is 6.55. The summed E-state index contributed by atoms with van der Waals surface area (Å²) in [5.41, 5.74) is 0.678. The molecule has 0 saturated heterocycles. The van der Waals surface area contributed by atoms with Crippen molar-refractivity contribution in [3.05, 3.63) is 57.2 Å². The molecule has 0 aliphatic heterocycles. The predicted octanol–water partition coefficient (Wildman–Crippen LogP) is 2.33. The first kappa shape index (κ1) is 20.2. The van der Waals surface area contributed by atoms with Crippen molar-refractivity contribution in [2.45, 2.75) is 51.2 Å². The minimum atomic E-state index is -0.258. The molecule has 7 nitrogen and oxygen atoms in total. The molecular weight excluding hydrogens is 380 g/mol. The second kappa shape index (κ2) is 8.65. The van der Waals surface area contributed by atoms with Crippen LogP contribution in [-0.2, 0) is 13.6 Å². The van der Waals surface area contributed by atoms with Crippen molar-refractivity contribution in [1.82, 2.24) is 19.8 Å². The highest BCUT2D eigenvalue weighted by atomic mass is 35.5. The second-order valence-corrected chi connectivity index (χ2v) is 7.64. The van der Waals surface area contributed by atoms with Crippen LogP contribution in [0, 0.1) is 0 Å². The minimum absolute atomic E-state index is 0.0201. The molecular formula is C20H25ClN4O3. The van der Waals surface area contributed by atoms with E-state index in [2.05, 4.69) is 10.6 Å². The van der Waals surface area contributed by atoms with Crippen LogP contribution in [-0.4, -0.2) is 33.0 Å². The third-order valence-corrected chi connectivity index (χ3v) is 5.35. The molecule has 2 N–H and O–H groups in total. The Morgan fingerprint density at radius 2 is 1.86 bits per heavy atom. The van der Waals surface area contributed by atoms with Gasteiger partial charge in [-0.2, -0.15) is 0 Å². The van der Waals surface area contributed by atoms with Crippen molar-refractivity contribution >= 4 is 23.4 Å². The van der Waals surface area contributed by atoms with Gasteiger partial charge in [0, 0.05) is 49.7 Å². The summed E-state index contributed by atoms with van der Waals surface area (Å²) in [6.07, 6.45) is 6.59. The fraction of sp³-hybridized carbons (Fsp3) is 0.450. The Bertz CT molecular complexity index is 934. The SMILES string of the molecule is CCn1ccc(C(=O)N[C@@H]2CCC[C@@H](NC(=O)c3cc(Cl)cn3C)C2)cc1=O. The molecule has 0 spiro atoms. The van der Waals surface area contributed by atoms with Crippen LogP contribution in [0.1, 0.15) is 53.5 Å². The molecule has 150 valence electrons. The lowest BCUT2D eigenvalue weighted by molar-refractivity contribution is 0.0898. The third kappa shape index (κ3) is 4.65. The van der Waals surface area contributed by atoms with Gasteiger partial charge in [-0.3, -0.25) is 14.4 Å². The van der Waals surface area contributed by atoms with Crippen molar-refractivity contribution in [3.63, 3.8) is 0 Å². The van der Waals surface area contributed by atoms with Crippen LogP contribution in [0.25, 0.3) is 0 Å². The highest BCUT2D eigenvalue weighted by Gasteiger charge is 2.26. The van der Waals surface area contributed by atoms with Gasteiger partial charge in [-0.25, -0.2) is 0 Å². The van der Waals surface area contributed by atoms with E-state index in [1.807, 2.05) is 6.92 Å². The largest absolute Gasteiger partial charge is 0.349 e. The number of aryl methyl sites for hydroxylation is 2. The predicted molar refractivity (Wildman–Crippen MR) is 108 cm³/mol. The monoisotopic (exact) mass is 404 g/mol. The number of carbonyl (C=O) groups is 2. The topological polar surface area (TPSA) is 85.1 Å². The van der Waals surface area contributed by atoms with Gasteiger partial charge in [0.05, 0.1) is 5.02 Å². The Morgan fingerprint density at radius 3 is 2.43 bits per heavy atom. The molecule has 0 bridgehead atoms. The van der Waals surface area contributed by atoms with Gasteiger partial charge in [0.1, 0.15) is 5.69 Å². The zero-order chi connectivity index (χ0) is 20.3. The van der Waals surface area contributed by atoms with Crippen molar-refractivity contribution in [3.8, 4) is 0 Å². The van der Waals surface area contributed by atoms with E-state index in [0.29, 0.717) is 29.2 Å². The Labute approximate surface area is 168 Å². The maximum absolute atomic E-state index is 12.5. The van der Waals surface area contributed by atoms with E-state index in [1.54, 1.807) is 40.7 Å². The van der Waals surface area contributed by atoms with Crippen molar-refractivity contribution in [2.75, 3.05) is 0 Å². The highest BCUT2D eigenvalue weighted by molar-refractivity contribution is 6.31. The normalized spacial score (nSPS) is 19.2. The molecule has 0 radical (unpaired) electrons. The molecule has 1 aliphatic rings. The van der Waals surface area contributed by atoms with E-state index in [1.165, 1.54) is 6.07 Å². The van der Waals surface area contributed by atoms with Crippen LogP contribution in [0.4, 0.5) is 0 Å². The number of hydrogen-bond acceptors (Lipinski definition) is 3. The zero-order valence-electron chi connectivity index (χ0n) is 16.1. The van der Waals surface area contributed by atoms with Gasteiger partial charge < -0.3 is 19.8 Å². The lowest BCUT2D eigenvalue weighted by atomic mass is 9.90. The fourth-order valence-electron chi connectivity index (χ4n) is 3.64. The summed E-state index contributed by atoms with van der Waals surface area (Å²) in [4.78, 5) is 36.9. The average Bonchev–Trinajstić information content (AvgIpc) is 3.00. The maximum atomic E-state index is 12.5. The van der Waals surface area contributed by atoms with Gasteiger partial charge in [-0.1, -0.05) is 11.6 Å². The molecule has 2 atom stereocenters. The van der Waals surface area contributed by atoms with Crippen LogP contribution < -0.4 is 16.2 Å². The zero-order valence-corrected chi connectivity index (χ0v) is 16.8. The molecule has 2 aromatic heterocycles. The second-order valence-electron chi connectivity index (χ2n) is 7.20. The Hall–Kier alpha value is -2.54. The molecule has 2 aromatic rings. The van der Waals surface area contributed by atoms with E-state index in [0.717, 1.165) is 19.3 Å². The smallest absolute Gasteiger partial charge is 0.268 e. The number of nitrogens with one attached hydrogen (secondary N) is 2. The molecule has 0 aromatic carbocycles. The summed E-state index contributed by atoms with van der Waals surface area (Å²) in [6.45, 7) is 2.44. The van der Waals surface area contributed by atoms with Gasteiger partial charge in [0.15, 0.2) is 0 Å². The lowest BCUT2D eigenvalue weighted by Crippen LogP contribution is -2.46. The molecule has 0 unspecified atom stereocenters. The van der Waals surface area contributed by atoms with Crippen molar-refractivity contribution < 1.29 is 9.59 Å². The van der Waals surface area contributed by atoms with Crippen LogP contribution in [0.5, 0.6) is 0 Å². The summed E-state index contributed by atoms with van der Waals surface area (Å²) in [7, 11) is 1.77. The summed E-state index contributed by atoms with van der Waals surface area (Å²) < 4.78 is 3.23. The van der Waals surface area contributed by atoms with Gasteiger partial charge in [-0.05, 0) is 44.7 Å². The number of halogens is 1. The van der Waals surface area contributed by atoms with E-state index in [-0.39, 0.29) is 29.5 Å². The summed E-state index contributed by atoms with van der Waals surface area (Å²) >= 11 is 5.95. The molecule has 8 heteroatoms.